The number of nitrogens with zero attached hydrogens (tertiary/aromatic N) is 1. The van der Waals surface area contributed by atoms with E-state index < -0.39 is 0 Å². The maximum absolute atomic E-state index is 12.7. The normalized spacial score (nSPS) is 35.0. The summed E-state index contributed by atoms with van der Waals surface area (Å²) in [6, 6.07) is 0.909. The first-order valence-corrected chi connectivity index (χ1v) is 7.35. The van der Waals surface area contributed by atoms with Crippen LogP contribution in [0.2, 0.25) is 0 Å². The molecule has 3 atom stereocenters. The molecule has 3 saturated heterocycles. The summed E-state index contributed by atoms with van der Waals surface area (Å²) >= 11 is 0. The standard InChI is InChI=1S/C14H24N2O2.ClH/c1-18-13-8-11-2-3-12(9-13)16(11)14(17)10-4-6-15-7-5-10;/h10-13,15H,2-9H2,1H3;1H/t11-,12+,13?;. The van der Waals surface area contributed by atoms with E-state index in [0.29, 0.717) is 24.1 Å². The zero-order valence-corrected chi connectivity index (χ0v) is 12.5. The molecule has 19 heavy (non-hydrogen) atoms. The predicted molar refractivity (Wildman–Crippen MR) is 76.5 cm³/mol. The van der Waals surface area contributed by atoms with Crippen molar-refractivity contribution in [3.8, 4) is 0 Å². The first-order chi connectivity index (χ1) is 8.79. The first kappa shape index (κ1) is 15.1. The van der Waals surface area contributed by atoms with Gasteiger partial charge in [-0.25, -0.2) is 0 Å². The lowest BCUT2D eigenvalue weighted by molar-refractivity contribution is -0.143. The van der Waals surface area contributed by atoms with Crippen molar-refractivity contribution in [2.75, 3.05) is 20.2 Å². The smallest absolute Gasteiger partial charge is 0.226 e. The summed E-state index contributed by atoms with van der Waals surface area (Å²) in [6.07, 6.45) is 6.86. The molecule has 0 aromatic carbocycles. The van der Waals surface area contributed by atoms with Gasteiger partial charge < -0.3 is 15.0 Å². The molecule has 5 heteroatoms. The molecule has 0 aliphatic carbocycles. The van der Waals surface area contributed by atoms with Gasteiger partial charge in [0.2, 0.25) is 5.91 Å². The van der Waals surface area contributed by atoms with E-state index >= 15 is 0 Å². The van der Waals surface area contributed by atoms with Crippen LogP contribution < -0.4 is 5.32 Å². The van der Waals surface area contributed by atoms with Crippen LogP contribution in [0.5, 0.6) is 0 Å². The zero-order chi connectivity index (χ0) is 12.5. The highest BCUT2D eigenvalue weighted by Gasteiger charge is 2.44. The maximum Gasteiger partial charge on any atom is 0.226 e. The summed E-state index contributed by atoms with van der Waals surface area (Å²) in [4.78, 5) is 14.9. The van der Waals surface area contributed by atoms with Crippen LogP contribution in [0.3, 0.4) is 0 Å². The molecule has 0 spiro atoms. The number of hydrogen-bond acceptors (Lipinski definition) is 3. The maximum atomic E-state index is 12.7. The number of hydrogen-bond donors (Lipinski definition) is 1. The number of methoxy groups -OCH3 is 1. The second-order valence-corrected chi connectivity index (χ2v) is 5.98. The van der Waals surface area contributed by atoms with Gasteiger partial charge in [0, 0.05) is 25.1 Å². The Morgan fingerprint density at radius 1 is 1.11 bits per heavy atom. The number of halogens is 1. The summed E-state index contributed by atoms with van der Waals surface area (Å²) in [5.41, 5.74) is 0. The third-order valence-electron chi connectivity index (χ3n) is 4.97. The highest BCUT2D eigenvalue weighted by Crippen LogP contribution is 2.38. The van der Waals surface area contributed by atoms with Gasteiger partial charge in [-0.15, -0.1) is 12.4 Å². The van der Waals surface area contributed by atoms with Gasteiger partial charge in [0.05, 0.1) is 6.10 Å². The monoisotopic (exact) mass is 288 g/mol. The minimum Gasteiger partial charge on any atom is -0.381 e. The number of fused-ring (bicyclic) bond motifs is 2. The number of carbonyl (C=O) groups is 1. The van der Waals surface area contributed by atoms with E-state index in [4.69, 9.17) is 4.74 Å². The Hall–Kier alpha value is -0.320. The van der Waals surface area contributed by atoms with E-state index in [-0.39, 0.29) is 18.3 Å². The molecule has 1 unspecified atom stereocenters. The van der Waals surface area contributed by atoms with Crippen LogP contribution in [-0.4, -0.2) is 49.2 Å². The molecule has 0 aromatic heterocycles. The highest BCUT2D eigenvalue weighted by atomic mass is 35.5. The third kappa shape index (κ3) is 2.91. The van der Waals surface area contributed by atoms with Gasteiger partial charge in [-0.3, -0.25) is 4.79 Å². The molecule has 0 saturated carbocycles. The van der Waals surface area contributed by atoms with Crippen LogP contribution >= 0.6 is 12.4 Å². The fourth-order valence-electron chi connectivity index (χ4n) is 3.96. The first-order valence-electron chi connectivity index (χ1n) is 7.35. The van der Waals surface area contributed by atoms with E-state index in [1.165, 1.54) is 12.8 Å². The zero-order valence-electron chi connectivity index (χ0n) is 11.6. The number of carbonyl (C=O) groups excluding carboxylic acids is 1. The summed E-state index contributed by atoms with van der Waals surface area (Å²) in [5.74, 6) is 0.701. The molecular weight excluding hydrogens is 264 g/mol. The molecular formula is C14H25ClN2O2. The van der Waals surface area contributed by atoms with Crippen molar-refractivity contribution in [3.05, 3.63) is 0 Å². The molecule has 0 aromatic rings. The van der Waals surface area contributed by atoms with Crippen molar-refractivity contribution >= 4 is 18.3 Å². The molecule has 3 rings (SSSR count). The van der Waals surface area contributed by atoms with Gasteiger partial charge in [-0.2, -0.15) is 0 Å². The van der Waals surface area contributed by atoms with Crippen molar-refractivity contribution in [2.45, 2.75) is 56.7 Å². The molecule has 3 aliphatic rings. The van der Waals surface area contributed by atoms with Crippen LogP contribution in [0, 0.1) is 5.92 Å². The number of amides is 1. The molecule has 3 fully saturated rings. The van der Waals surface area contributed by atoms with Crippen LogP contribution in [0.4, 0.5) is 0 Å². The van der Waals surface area contributed by atoms with Crippen molar-refractivity contribution in [1.82, 2.24) is 10.2 Å². The van der Waals surface area contributed by atoms with Crippen molar-refractivity contribution in [2.24, 2.45) is 5.92 Å². The predicted octanol–water partition coefficient (Wildman–Crippen LogP) is 1.58. The Kier molecular flexibility index (Phi) is 5.09. The minimum atomic E-state index is 0. The Morgan fingerprint density at radius 3 is 2.21 bits per heavy atom. The summed E-state index contributed by atoms with van der Waals surface area (Å²) in [6.45, 7) is 2.00. The van der Waals surface area contributed by atoms with Crippen molar-refractivity contribution in [3.63, 3.8) is 0 Å². The topological polar surface area (TPSA) is 41.6 Å². The lowest BCUT2D eigenvalue weighted by Gasteiger charge is -2.40. The van der Waals surface area contributed by atoms with Crippen LogP contribution in [-0.2, 0) is 9.53 Å². The lowest BCUT2D eigenvalue weighted by Crippen LogP contribution is -2.51. The van der Waals surface area contributed by atoms with E-state index in [1.807, 2.05) is 0 Å². The largest absolute Gasteiger partial charge is 0.381 e. The number of rotatable bonds is 2. The number of ether oxygens (including phenoxy) is 1. The summed E-state index contributed by atoms with van der Waals surface area (Å²) in [5, 5.41) is 3.34. The van der Waals surface area contributed by atoms with Crippen LogP contribution in [0.15, 0.2) is 0 Å². The summed E-state index contributed by atoms with van der Waals surface area (Å²) < 4.78 is 5.50. The van der Waals surface area contributed by atoms with Crippen LogP contribution in [0.1, 0.15) is 38.5 Å². The van der Waals surface area contributed by atoms with Crippen molar-refractivity contribution in [1.29, 1.82) is 0 Å². The Labute approximate surface area is 121 Å². The molecule has 4 nitrogen and oxygen atoms in total. The van der Waals surface area contributed by atoms with E-state index in [1.54, 1.807) is 7.11 Å². The van der Waals surface area contributed by atoms with Gasteiger partial charge in [0.1, 0.15) is 0 Å². The van der Waals surface area contributed by atoms with E-state index in [9.17, 15) is 4.79 Å². The van der Waals surface area contributed by atoms with Gasteiger partial charge >= 0.3 is 0 Å². The fraction of sp³-hybridized carbons (Fsp3) is 0.929. The van der Waals surface area contributed by atoms with Gasteiger partial charge in [0.25, 0.3) is 0 Å². The molecule has 3 heterocycles. The second-order valence-electron chi connectivity index (χ2n) is 5.98. The molecule has 0 radical (unpaired) electrons. The molecule has 2 bridgehead atoms. The number of piperidine rings is 2. The van der Waals surface area contributed by atoms with Gasteiger partial charge in [-0.05, 0) is 51.6 Å². The van der Waals surface area contributed by atoms with E-state index in [0.717, 1.165) is 38.8 Å². The fourth-order valence-corrected chi connectivity index (χ4v) is 3.96. The quantitative estimate of drug-likeness (QED) is 0.839. The molecule has 110 valence electrons. The third-order valence-corrected chi connectivity index (χ3v) is 4.97. The van der Waals surface area contributed by atoms with E-state index in [2.05, 4.69) is 10.2 Å². The Balaban J connectivity index is 0.00000133. The highest BCUT2D eigenvalue weighted by molar-refractivity contribution is 5.85. The number of nitrogens with one attached hydrogen (secondary N) is 1. The van der Waals surface area contributed by atoms with Gasteiger partial charge in [-0.1, -0.05) is 0 Å². The lowest BCUT2D eigenvalue weighted by atomic mass is 9.92. The van der Waals surface area contributed by atoms with Crippen molar-refractivity contribution < 1.29 is 9.53 Å². The Morgan fingerprint density at radius 2 is 1.68 bits per heavy atom. The molecule has 3 aliphatic heterocycles. The second kappa shape index (κ2) is 6.42. The SMILES string of the molecule is COC1C[C@H]2CC[C@@H](C1)N2C(=O)C1CCNCC1.Cl. The average Bonchev–Trinajstić information content (AvgIpc) is 2.69. The van der Waals surface area contributed by atoms with Gasteiger partial charge in [0.15, 0.2) is 0 Å². The Bertz CT molecular complexity index is 307. The minimum absolute atomic E-state index is 0. The molecule has 1 amide bonds. The average molecular weight is 289 g/mol. The molecule has 1 N–H and O–H groups in total. The van der Waals surface area contributed by atoms with Crippen LogP contribution in [0.25, 0.3) is 0 Å². The summed E-state index contributed by atoms with van der Waals surface area (Å²) in [7, 11) is 1.80.